The minimum absolute atomic E-state index is 0.114. The summed E-state index contributed by atoms with van der Waals surface area (Å²) in [5.74, 6) is -0.324. The van der Waals surface area contributed by atoms with E-state index in [0.717, 1.165) is 0 Å². The van der Waals surface area contributed by atoms with Crippen molar-refractivity contribution in [3.05, 3.63) is 12.2 Å². The third-order valence-electron chi connectivity index (χ3n) is 1.67. The average molecular weight is 212 g/mol. The van der Waals surface area contributed by atoms with Crippen LogP contribution in [-0.2, 0) is 9.53 Å². The first kappa shape index (κ1) is 13.5. The van der Waals surface area contributed by atoms with E-state index in [1.807, 2.05) is 0 Å². The maximum atomic E-state index is 11.3. The Balaban J connectivity index is 4.42. The van der Waals surface area contributed by atoms with Crippen molar-refractivity contribution < 1.29 is 14.3 Å². The number of nitrogens with zero attached hydrogens (tertiary/aromatic N) is 1. The number of allylic oxidation sites excluding steroid dienone is 1. The van der Waals surface area contributed by atoms with E-state index in [1.165, 1.54) is 14.0 Å². The second-order valence-electron chi connectivity index (χ2n) is 3.13. The monoisotopic (exact) mass is 212 g/mol. The van der Waals surface area contributed by atoms with Gasteiger partial charge in [0.05, 0.1) is 5.71 Å². The quantitative estimate of drug-likeness (QED) is 0.434. The van der Waals surface area contributed by atoms with Gasteiger partial charge < -0.3 is 10.1 Å². The average Bonchev–Trinajstić information content (AvgIpc) is 2.15. The zero-order valence-corrected chi connectivity index (χ0v) is 9.46. The summed E-state index contributed by atoms with van der Waals surface area (Å²) in [6.45, 7) is 8.16. The number of hydrogen-bond donors (Lipinski definition) is 1. The van der Waals surface area contributed by atoms with Gasteiger partial charge in [0.25, 0.3) is 0 Å². The molecule has 0 heterocycles. The molecule has 1 atom stereocenters. The number of urea groups is 1. The molecule has 5 heteroatoms. The molecule has 0 saturated carbocycles. The Morgan fingerprint density at radius 1 is 1.40 bits per heavy atom. The number of hydrogen-bond acceptors (Lipinski definition) is 3. The molecule has 84 valence electrons. The number of rotatable bonds is 4. The summed E-state index contributed by atoms with van der Waals surface area (Å²) in [5, 5.41) is 2.42. The minimum atomic E-state index is -0.601. The van der Waals surface area contributed by atoms with Crippen LogP contribution in [0.2, 0.25) is 0 Å². The summed E-state index contributed by atoms with van der Waals surface area (Å²) < 4.78 is 4.81. The van der Waals surface area contributed by atoms with Gasteiger partial charge in [-0.1, -0.05) is 6.58 Å². The molecule has 0 aromatic heterocycles. The van der Waals surface area contributed by atoms with Gasteiger partial charge in [-0.3, -0.25) is 4.79 Å². The Labute approximate surface area is 89.2 Å². The Morgan fingerprint density at radius 2 is 1.93 bits per heavy atom. The highest BCUT2D eigenvalue weighted by atomic mass is 16.5. The summed E-state index contributed by atoms with van der Waals surface area (Å²) in [7, 11) is 1.46. The molecule has 1 unspecified atom stereocenters. The molecule has 5 nitrogen and oxygen atoms in total. The lowest BCUT2D eigenvalue weighted by Crippen LogP contribution is -2.32. The van der Waals surface area contributed by atoms with Crippen molar-refractivity contribution in [2.75, 3.05) is 7.11 Å². The van der Waals surface area contributed by atoms with E-state index in [0.29, 0.717) is 5.57 Å². The molecule has 0 radical (unpaired) electrons. The van der Waals surface area contributed by atoms with E-state index in [9.17, 15) is 9.59 Å². The molecule has 0 aromatic rings. The number of ether oxygens (including phenoxy) is 1. The minimum Gasteiger partial charge on any atom is -0.362 e. The fraction of sp³-hybridized carbons (Fsp3) is 0.500. The van der Waals surface area contributed by atoms with Crippen LogP contribution in [0.3, 0.4) is 0 Å². The van der Waals surface area contributed by atoms with Gasteiger partial charge in [0, 0.05) is 7.11 Å². The van der Waals surface area contributed by atoms with Crippen molar-refractivity contribution in [3.63, 3.8) is 0 Å². The normalized spacial score (nSPS) is 13.2. The Kier molecular flexibility index (Phi) is 5.48. The second-order valence-corrected chi connectivity index (χ2v) is 3.13. The predicted octanol–water partition coefficient (Wildman–Crippen LogP) is 1.29. The highest BCUT2D eigenvalue weighted by molar-refractivity contribution is 6.45. The predicted molar refractivity (Wildman–Crippen MR) is 57.9 cm³/mol. The van der Waals surface area contributed by atoms with Crippen LogP contribution in [0.25, 0.3) is 0 Å². The first-order chi connectivity index (χ1) is 6.88. The maximum absolute atomic E-state index is 11.3. The fourth-order valence-electron chi connectivity index (χ4n) is 0.777. The van der Waals surface area contributed by atoms with Crippen LogP contribution in [0.1, 0.15) is 20.8 Å². The lowest BCUT2D eigenvalue weighted by molar-refractivity contribution is -0.109. The molecule has 0 spiro atoms. The van der Waals surface area contributed by atoms with E-state index in [-0.39, 0.29) is 11.5 Å². The van der Waals surface area contributed by atoms with Crippen molar-refractivity contribution >= 4 is 17.5 Å². The van der Waals surface area contributed by atoms with E-state index in [1.54, 1.807) is 13.8 Å². The van der Waals surface area contributed by atoms with E-state index >= 15 is 0 Å². The van der Waals surface area contributed by atoms with Crippen LogP contribution in [-0.4, -0.2) is 30.9 Å². The SMILES string of the molecule is C=C(C)C(=O)/C(C)=N/C(=O)NC(C)OC. The highest BCUT2D eigenvalue weighted by Gasteiger charge is 2.10. The molecule has 0 bridgehead atoms. The van der Waals surface area contributed by atoms with Crippen LogP contribution in [0.5, 0.6) is 0 Å². The molecule has 0 fully saturated rings. The number of amides is 2. The van der Waals surface area contributed by atoms with E-state index in [4.69, 9.17) is 4.74 Å². The summed E-state index contributed by atoms with van der Waals surface area (Å²) in [5.41, 5.74) is 0.465. The number of methoxy groups -OCH3 is 1. The summed E-state index contributed by atoms with van der Waals surface area (Å²) in [6.07, 6.45) is -0.436. The van der Waals surface area contributed by atoms with Gasteiger partial charge >= 0.3 is 6.03 Å². The Hall–Kier alpha value is -1.49. The third-order valence-corrected chi connectivity index (χ3v) is 1.67. The molecule has 1 N–H and O–H groups in total. The number of ketones is 1. The first-order valence-corrected chi connectivity index (χ1v) is 4.47. The van der Waals surface area contributed by atoms with E-state index < -0.39 is 12.3 Å². The van der Waals surface area contributed by atoms with Crippen LogP contribution in [0.4, 0.5) is 4.79 Å². The molecule has 0 aliphatic carbocycles. The number of aliphatic imine (C=N–C) groups is 1. The third kappa shape index (κ3) is 5.07. The molecule has 0 rings (SSSR count). The number of carbonyl (C=O) groups is 2. The number of carbonyl (C=O) groups excluding carboxylic acids is 2. The van der Waals surface area contributed by atoms with Crippen LogP contribution in [0.15, 0.2) is 17.1 Å². The van der Waals surface area contributed by atoms with Crippen molar-refractivity contribution in [2.45, 2.75) is 27.0 Å². The first-order valence-electron chi connectivity index (χ1n) is 4.47. The summed E-state index contributed by atoms with van der Waals surface area (Å²) in [4.78, 5) is 26.0. The maximum Gasteiger partial charge on any atom is 0.343 e. The smallest absolute Gasteiger partial charge is 0.343 e. The molecular weight excluding hydrogens is 196 g/mol. The van der Waals surface area contributed by atoms with Crippen LogP contribution >= 0.6 is 0 Å². The number of Topliss-reactive ketones (excluding diaryl/α,β-unsaturated/α-hetero) is 1. The molecule has 0 aliphatic rings. The summed E-state index contributed by atoms with van der Waals surface area (Å²) in [6, 6.07) is -0.601. The Morgan fingerprint density at radius 3 is 2.33 bits per heavy atom. The Bertz CT molecular complexity index is 308. The molecule has 0 aromatic carbocycles. The van der Waals surface area contributed by atoms with E-state index in [2.05, 4.69) is 16.9 Å². The molecule has 15 heavy (non-hydrogen) atoms. The van der Waals surface area contributed by atoms with Crippen molar-refractivity contribution in [2.24, 2.45) is 4.99 Å². The topological polar surface area (TPSA) is 67.8 Å². The second kappa shape index (κ2) is 6.08. The zero-order chi connectivity index (χ0) is 12.0. The largest absolute Gasteiger partial charge is 0.362 e. The van der Waals surface area contributed by atoms with Gasteiger partial charge in [0.15, 0.2) is 0 Å². The molecule has 0 aliphatic heterocycles. The highest BCUT2D eigenvalue weighted by Crippen LogP contribution is 1.94. The van der Waals surface area contributed by atoms with Gasteiger partial charge in [-0.05, 0) is 26.3 Å². The van der Waals surface area contributed by atoms with Gasteiger partial charge in [0.2, 0.25) is 5.78 Å². The van der Waals surface area contributed by atoms with Gasteiger partial charge in [-0.2, -0.15) is 4.99 Å². The molecule has 2 amide bonds. The summed E-state index contributed by atoms with van der Waals surface area (Å²) >= 11 is 0. The van der Waals surface area contributed by atoms with Gasteiger partial charge in [-0.25, -0.2) is 4.79 Å². The molecule has 0 saturated heterocycles. The van der Waals surface area contributed by atoms with Crippen molar-refractivity contribution in [3.8, 4) is 0 Å². The lowest BCUT2D eigenvalue weighted by atomic mass is 10.1. The van der Waals surface area contributed by atoms with Gasteiger partial charge in [-0.15, -0.1) is 0 Å². The van der Waals surface area contributed by atoms with Crippen molar-refractivity contribution in [1.82, 2.24) is 5.32 Å². The van der Waals surface area contributed by atoms with Gasteiger partial charge in [0.1, 0.15) is 6.23 Å². The van der Waals surface area contributed by atoms with Crippen LogP contribution < -0.4 is 5.32 Å². The van der Waals surface area contributed by atoms with Crippen molar-refractivity contribution in [1.29, 1.82) is 0 Å². The lowest BCUT2D eigenvalue weighted by Gasteiger charge is -2.09. The standard InChI is InChI=1S/C10H16N2O3/c1-6(2)9(13)7(3)11-10(14)12-8(4)15-5/h8H,1H2,2-5H3,(H,12,14)/b11-7+. The fourth-order valence-corrected chi connectivity index (χ4v) is 0.777. The van der Waals surface area contributed by atoms with Crippen LogP contribution in [0, 0.1) is 0 Å². The number of nitrogens with one attached hydrogen (secondary N) is 1. The zero-order valence-electron chi connectivity index (χ0n) is 9.46. The molecular formula is C10H16N2O3.